The van der Waals surface area contributed by atoms with Gasteiger partial charge in [-0.25, -0.2) is 4.79 Å². The van der Waals surface area contributed by atoms with Gasteiger partial charge in [-0.3, -0.25) is 19.1 Å². The van der Waals surface area contributed by atoms with Crippen molar-refractivity contribution in [2.45, 2.75) is 30.9 Å². The zero-order chi connectivity index (χ0) is 25.0. The molecule has 1 aliphatic rings. The maximum atomic E-state index is 13.2. The summed E-state index contributed by atoms with van der Waals surface area (Å²) >= 11 is 0. The third-order valence-corrected chi connectivity index (χ3v) is 6.97. The van der Waals surface area contributed by atoms with Crippen LogP contribution in [0.4, 0.5) is 0 Å². The highest BCUT2D eigenvalue weighted by Gasteiger charge is 2.45. The number of carbonyl (C=O) groups is 1. The first-order valence-electron chi connectivity index (χ1n) is 11.7. The molecule has 6 rings (SSSR count). The van der Waals surface area contributed by atoms with Gasteiger partial charge in [-0.05, 0) is 37.9 Å². The number of aromatic amines is 1. The normalized spacial score (nSPS) is 22.1. The van der Waals surface area contributed by atoms with Crippen LogP contribution in [0.15, 0.2) is 76.4 Å². The smallest absolute Gasteiger partial charge is 0.330 e. The fourth-order valence-electron chi connectivity index (χ4n) is 5.28. The highest BCUT2D eigenvalue weighted by molar-refractivity contribution is 6.23. The van der Waals surface area contributed by atoms with Crippen molar-refractivity contribution in [1.82, 2.24) is 14.9 Å². The molecule has 0 radical (unpaired) electrons. The largest absolute Gasteiger partial charge is 0.394 e. The molecule has 1 amide bonds. The van der Waals surface area contributed by atoms with Crippen LogP contribution in [0, 0.1) is 0 Å². The molecule has 2 heterocycles. The molecule has 36 heavy (non-hydrogen) atoms. The van der Waals surface area contributed by atoms with Crippen molar-refractivity contribution in [2.75, 3.05) is 6.61 Å². The van der Waals surface area contributed by atoms with Crippen LogP contribution in [-0.2, 0) is 16.0 Å². The number of aliphatic hydroxyl groups is 2. The Labute approximate surface area is 203 Å². The van der Waals surface area contributed by atoms with Crippen molar-refractivity contribution in [2.24, 2.45) is 0 Å². The number of amides is 1. The fraction of sp³-hybridized carbons (Fsp3) is 0.222. The van der Waals surface area contributed by atoms with Gasteiger partial charge in [0.15, 0.2) is 6.23 Å². The van der Waals surface area contributed by atoms with Crippen molar-refractivity contribution >= 4 is 38.2 Å². The van der Waals surface area contributed by atoms with Crippen LogP contribution >= 0.6 is 0 Å². The Bertz CT molecular complexity index is 1710. The number of hydrogen-bond donors (Lipinski definition) is 4. The lowest BCUT2D eigenvalue weighted by atomic mass is 9.91. The van der Waals surface area contributed by atoms with Gasteiger partial charge >= 0.3 is 5.69 Å². The Morgan fingerprint density at radius 3 is 2.39 bits per heavy atom. The number of aliphatic hydroxyl groups excluding tert-OH is 2. The predicted molar refractivity (Wildman–Crippen MR) is 134 cm³/mol. The first kappa shape index (κ1) is 22.4. The number of ether oxygens (including phenoxy) is 1. The second kappa shape index (κ2) is 8.56. The number of H-pyrrole nitrogens is 1. The van der Waals surface area contributed by atoms with Gasteiger partial charge in [0.2, 0.25) is 5.91 Å². The molecule has 1 aliphatic heterocycles. The number of benzene rings is 4. The van der Waals surface area contributed by atoms with Gasteiger partial charge < -0.3 is 20.3 Å². The summed E-state index contributed by atoms with van der Waals surface area (Å²) in [5.41, 5.74) is -0.504. The van der Waals surface area contributed by atoms with Gasteiger partial charge in [0.1, 0.15) is 18.2 Å². The molecule has 182 valence electrons. The Morgan fingerprint density at radius 1 is 0.972 bits per heavy atom. The van der Waals surface area contributed by atoms with E-state index in [9.17, 15) is 24.6 Å². The van der Waals surface area contributed by atoms with E-state index in [-0.39, 0.29) is 12.3 Å². The maximum Gasteiger partial charge on any atom is 0.330 e. The minimum Gasteiger partial charge on any atom is -0.394 e. The van der Waals surface area contributed by atoms with E-state index in [0.29, 0.717) is 0 Å². The van der Waals surface area contributed by atoms with E-state index in [4.69, 9.17) is 4.74 Å². The molecule has 4 aromatic carbocycles. The monoisotopic (exact) mass is 485 g/mol. The van der Waals surface area contributed by atoms with Crippen LogP contribution in [0.5, 0.6) is 0 Å². The van der Waals surface area contributed by atoms with E-state index in [0.717, 1.165) is 48.5 Å². The first-order chi connectivity index (χ1) is 17.4. The minimum atomic E-state index is -1.26. The second-order valence-corrected chi connectivity index (χ2v) is 9.11. The molecule has 0 unspecified atom stereocenters. The number of aromatic nitrogens is 2. The predicted octanol–water partition coefficient (Wildman–Crippen LogP) is 1.41. The van der Waals surface area contributed by atoms with E-state index in [2.05, 4.69) is 34.6 Å². The van der Waals surface area contributed by atoms with E-state index in [1.165, 1.54) is 6.20 Å². The average molecular weight is 485 g/mol. The third kappa shape index (κ3) is 3.56. The van der Waals surface area contributed by atoms with E-state index in [1.54, 1.807) is 0 Å². The van der Waals surface area contributed by atoms with Crippen molar-refractivity contribution < 1.29 is 19.7 Å². The van der Waals surface area contributed by atoms with Gasteiger partial charge in [0.25, 0.3) is 5.56 Å². The number of hydrogen-bond acceptors (Lipinski definition) is 6. The van der Waals surface area contributed by atoms with Crippen molar-refractivity contribution in [1.29, 1.82) is 0 Å². The lowest BCUT2D eigenvalue weighted by molar-refractivity contribution is -0.122. The van der Waals surface area contributed by atoms with Crippen LogP contribution in [0.25, 0.3) is 32.3 Å². The summed E-state index contributed by atoms with van der Waals surface area (Å²) in [5, 5.41) is 29.7. The minimum absolute atomic E-state index is 0.0361. The lowest BCUT2D eigenvalue weighted by Crippen LogP contribution is -2.49. The van der Waals surface area contributed by atoms with Gasteiger partial charge in [-0.15, -0.1) is 0 Å². The molecule has 0 spiro atoms. The number of carbonyl (C=O) groups excluding carboxylic acids is 1. The van der Waals surface area contributed by atoms with Crippen LogP contribution in [-0.4, -0.2) is 50.5 Å². The van der Waals surface area contributed by atoms with E-state index >= 15 is 0 Å². The summed E-state index contributed by atoms with van der Waals surface area (Å²) in [5.74, 6) is -0.376. The quantitative estimate of drug-likeness (QED) is 0.278. The van der Waals surface area contributed by atoms with Crippen molar-refractivity contribution in [3.05, 3.63) is 93.3 Å². The first-order valence-corrected chi connectivity index (χ1v) is 11.7. The zero-order valence-electron chi connectivity index (χ0n) is 19.0. The zero-order valence-corrected chi connectivity index (χ0v) is 19.0. The summed E-state index contributed by atoms with van der Waals surface area (Å²) < 4.78 is 6.75. The second-order valence-electron chi connectivity index (χ2n) is 9.11. The van der Waals surface area contributed by atoms with Gasteiger partial charge in [0.05, 0.1) is 13.0 Å². The Balaban J connectivity index is 1.33. The van der Waals surface area contributed by atoms with Gasteiger partial charge in [-0.1, -0.05) is 54.6 Å². The molecule has 0 saturated carbocycles. The maximum absolute atomic E-state index is 13.2. The molecule has 0 aliphatic carbocycles. The Kier molecular flexibility index (Phi) is 5.33. The number of rotatable bonds is 5. The van der Waals surface area contributed by atoms with Crippen LogP contribution < -0.4 is 16.6 Å². The highest BCUT2D eigenvalue weighted by atomic mass is 16.5. The van der Waals surface area contributed by atoms with E-state index < -0.39 is 42.3 Å². The number of nitrogens with one attached hydrogen (secondary N) is 2. The van der Waals surface area contributed by atoms with Crippen molar-refractivity contribution in [3.63, 3.8) is 0 Å². The highest BCUT2D eigenvalue weighted by Crippen LogP contribution is 2.36. The molecule has 0 bridgehead atoms. The van der Waals surface area contributed by atoms with Crippen LogP contribution in [0.1, 0.15) is 11.8 Å². The van der Waals surface area contributed by atoms with Crippen LogP contribution in [0.2, 0.25) is 0 Å². The summed E-state index contributed by atoms with van der Waals surface area (Å²) in [6, 6.07) is 18.4. The molecular formula is C27H23N3O6. The summed E-state index contributed by atoms with van der Waals surface area (Å²) in [7, 11) is 0. The molecule has 1 aromatic heterocycles. The molecule has 9 nitrogen and oxygen atoms in total. The molecule has 4 N–H and O–H groups in total. The molecule has 1 saturated heterocycles. The Hall–Kier alpha value is -4.05. The standard InChI is InChI=1S/C27H23N3O6/c31-13-19-25(34)24(26(36-19)30-11-10-20(32)29-27(30)35)28-21(33)12-17-7-6-16-5-4-14-2-1-3-15-8-9-18(17)23(16)22(14)15/h1-11,19,24-26,31,34H,12-13H2,(H,28,33)(H,29,32,35)/t19-,24-,25-,26-/m1/s1. The lowest BCUT2D eigenvalue weighted by Gasteiger charge is -2.23. The fourth-order valence-corrected chi connectivity index (χ4v) is 5.28. The van der Waals surface area contributed by atoms with Gasteiger partial charge in [0, 0.05) is 12.3 Å². The summed E-state index contributed by atoms with van der Waals surface area (Å²) in [4.78, 5) is 39.1. The molecule has 9 heteroatoms. The molecule has 5 aromatic rings. The van der Waals surface area contributed by atoms with Crippen molar-refractivity contribution in [3.8, 4) is 0 Å². The van der Waals surface area contributed by atoms with E-state index in [1.807, 2.05) is 30.3 Å². The van der Waals surface area contributed by atoms with Gasteiger partial charge in [-0.2, -0.15) is 0 Å². The summed E-state index contributed by atoms with van der Waals surface area (Å²) in [6.45, 7) is -0.503. The van der Waals surface area contributed by atoms with Crippen LogP contribution in [0.3, 0.4) is 0 Å². The molecule has 1 fully saturated rings. The summed E-state index contributed by atoms with van der Waals surface area (Å²) in [6.07, 6.45) is -2.10. The topological polar surface area (TPSA) is 134 Å². The molecular weight excluding hydrogens is 462 g/mol. The number of nitrogens with zero attached hydrogens (tertiary/aromatic N) is 1. The molecule has 4 atom stereocenters. The third-order valence-electron chi connectivity index (χ3n) is 6.97. The Morgan fingerprint density at radius 2 is 1.67 bits per heavy atom. The average Bonchev–Trinajstić information content (AvgIpc) is 3.18. The SMILES string of the molecule is O=C(Cc1ccc2ccc3cccc4ccc1c2c34)N[C@@H]1[C@H](O)[C@@H](CO)O[C@H]1n1ccc(=O)[nH]c1=O.